The van der Waals surface area contributed by atoms with Gasteiger partial charge in [0, 0.05) is 19.5 Å². The molecule has 0 atom stereocenters. The molecule has 15 heavy (non-hydrogen) atoms. The first-order valence-electron chi connectivity index (χ1n) is 4.68. The van der Waals surface area contributed by atoms with Gasteiger partial charge in [0.1, 0.15) is 0 Å². The van der Waals surface area contributed by atoms with E-state index in [1.807, 2.05) is 0 Å². The Morgan fingerprint density at radius 3 is 2.47 bits per heavy atom. The lowest BCUT2D eigenvalue weighted by atomic mass is 10.3. The van der Waals surface area contributed by atoms with Gasteiger partial charge in [-0.3, -0.25) is 4.79 Å². The molecule has 0 radical (unpaired) electrons. The molecule has 6 nitrogen and oxygen atoms in total. The standard InChI is InChI=1S/C8H18N2O4S/c1-14-8(11)4-3-5-9-6-7-10-15(2,12)13/h9-10H,3-7H2,1-2H3. The van der Waals surface area contributed by atoms with Crippen LogP contribution in [0.15, 0.2) is 0 Å². The summed E-state index contributed by atoms with van der Waals surface area (Å²) in [6.07, 6.45) is 2.18. The van der Waals surface area contributed by atoms with Crippen LogP contribution in [0, 0.1) is 0 Å². The van der Waals surface area contributed by atoms with Crippen LogP contribution in [0.3, 0.4) is 0 Å². The molecule has 0 aromatic heterocycles. The van der Waals surface area contributed by atoms with Crippen molar-refractivity contribution in [2.45, 2.75) is 12.8 Å². The van der Waals surface area contributed by atoms with Gasteiger partial charge in [-0.1, -0.05) is 0 Å². The highest BCUT2D eigenvalue weighted by molar-refractivity contribution is 7.88. The second-order valence-corrected chi connectivity index (χ2v) is 4.93. The maximum absolute atomic E-state index is 10.7. The zero-order valence-electron chi connectivity index (χ0n) is 9.08. The molecule has 0 aliphatic rings. The summed E-state index contributed by atoms with van der Waals surface area (Å²) >= 11 is 0. The average Bonchev–Trinajstić information content (AvgIpc) is 2.14. The quantitative estimate of drug-likeness (QED) is 0.422. The summed E-state index contributed by atoms with van der Waals surface area (Å²) < 4.78 is 28.1. The number of carbonyl (C=O) groups is 1. The van der Waals surface area contributed by atoms with Crippen molar-refractivity contribution in [1.82, 2.24) is 10.0 Å². The third-order valence-corrected chi connectivity index (χ3v) is 2.36. The summed E-state index contributed by atoms with van der Waals surface area (Å²) in [4.78, 5) is 10.7. The van der Waals surface area contributed by atoms with E-state index >= 15 is 0 Å². The number of carbonyl (C=O) groups excluding carboxylic acids is 1. The summed E-state index contributed by atoms with van der Waals surface area (Å²) in [5.74, 6) is -0.230. The van der Waals surface area contributed by atoms with Gasteiger partial charge in [-0.15, -0.1) is 0 Å². The van der Waals surface area contributed by atoms with Crippen LogP contribution in [0.1, 0.15) is 12.8 Å². The predicted octanol–water partition coefficient (Wildman–Crippen LogP) is -0.922. The van der Waals surface area contributed by atoms with E-state index in [4.69, 9.17) is 0 Å². The SMILES string of the molecule is COC(=O)CCCNCCNS(C)(=O)=O. The summed E-state index contributed by atoms with van der Waals surface area (Å²) in [6.45, 7) is 1.58. The van der Waals surface area contributed by atoms with Crippen molar-refractivity contribution in [2.75, 3.05) is 33.0 Å². The van der Waals surface area contributed by atoms with Gasteiger partial charge in [0.2, 0.25) is 10.0 Å². The highest BCUT2D eigenvalue weighted by atomic mass is 32.2. The Labute approximate surface area is 90.4 Å². The summed E-state index contributed by atoms with van der Waals surface area (Å²) in [6, 6.07) is 0. The number of ether oxygens (including phenoxy) is 1. The number of rotatable bonds is 8. The number of nitrogens with one attached hydrogen (secondary N) is 2. The molecule has 0 bridgehead atoms. The number of esters is 1. The molecule has 0 amide bonds. The Morgan fingerprint density at radius 2 is 1.93 bits per heavy atom. The highest BCUT2D eigenvalue weighted by Crippen LogP contribution is 1.88. The van der Waals surface area contributed by atoms with Gasteiger partial charge >= 0.3 is 5.97 Å². The minimum absolute atomic E-state index is 0.230. The Balaban J connectivity index is 3.23. The zero-order chi connectivity index (χ0) is 11.7. The van der Waals surface area contributed by atoms with E-state index in [-0.39, 0.29) is 5.97 Å². The van der Waals surface area contributed by atoms with E-state index in [9.17, 15) is 13.2 Å². The fourth-order valence-corrected chi connectivity index (χ4v) is 1.38. The third kappa shape index (κ3) is 11.3. The van der Waals surface area contributed by atoms with Gasteiger partial charge in [-0.25, -0.2) is 13.1 Å². The Hall–Kier alpha value is -0.660. The molecule has 0 aliphatic carbocycles. The molecule has 0 spiro atoms. The number of hydrogen-bond donors (Lipinski definition) is 2. The maximum atomic E-state index is 10.7. The average molecular weight is 238 g/mol. The number of sulfonamides is 1. The molecular weight excluding hydrogens is 220 g/mol. The molecule has 0 unspecified atom stereocenters. The molecule has 0 saturated heterocycles. The van der Waals surface area contributed by atoms with Crippen molar-refractivity contribution >= 4 is 16.0 Å². The van der Waals surface area contributed by atoms with E-state index in [2.05, 4.69) is 14.8 Å². The lowest BCUT2D eigenvalue weighted by Crippen LogP contribution is -2.31. The second-order valence-electron chi connectivity index (χ2n) is 3.10. The monoisotopic (exact) mass is 238 g/mol. The van der Waals surface area contributed by atoms with Crippen molar-refractivity contribution in [3.8, 4) is 0 Å². The van der Waals surface area contributed by atoms with Crippen LogP contribution >= 0.6 is 0 Å². The largest absolute Gasteiger partial charge is 0.469 e. The van der Waals surface area contributed by atoms with Gasteiger partial charge in [0.25, 0.3) is 0 Å². The lowest BCUT2D eigenvalue weighted by Gasteiger charge is -2.04. The van der Waals surface area contributed by atoms with Crippen LogP contribution < -0.4 is 10.0 Å². The van der Waals surface area contributed by atoms with Gasteiger partial charge in [-0.05, 0) is 13.0 Å². The van der Waals surface area contributed by atoms with Crippen molar-refractivity contribution < 1.29 is 17.9 Å². The van der Waals surface area contributed by atoms with Crippen molar-refractivity contribution in [3.05, 3.63) is 0 Å². The molecule has 0 heterocycles. The Morgan fingerprint density at radius 1 is 1.27 bits per heavy atom. The van der Waals surface area contributed by atoms with Gasteiger partial charge in [-0.2, -0.15) is 0 Å². The van der Waals surface area contributed by atoms with Crippen molar-refractivity contribution in [3.63, 3.8) is 0 Å². The summed E-state index contributed by atoms with van der Waals surface area (Å²) in [7, 11) is -1.75. The number of hydrogen-bond acceptors (Lipinski definition) is 5. The van der Waals surface area contributed by atoms with Crippen LogP contribution in [0.2, 0.25) is 0 Å². The molecule has 0 aliphatic heterocycles. The molecule has 2 N–H and O–H groups in total. The molecule has 0 aromatic carbocycles. The van der Waals surface area contributed by atoms with Crippen LogP contribution in [0.5, 0.6) is 0 Å². The molecule has 90 valence electrons. The predicted molar refractivity (Wildman–Crippen MR) is 57.0 cm³/mol. The summed E-state index contributed by atoms with van der Waals surface area (Å²) in [5, 5.41) is 3.00. The second kappa shape index (κ2) is 7.61. The highest BCUT2D eigenvalue weighted by Gasteiger charge is 2.00. The fourth-order valence-electron chi connectivity index (χ4n) is 0.910. The normalized spacial score (nSPS) is 11.3. The molecular formula is C8H18N2O4S. The van der Waals surface area contributed by atoms with Crippen LogP contribution in [0.4, 0.5) is 0 Å². The van der Waals surface area contributed by atoms with Crippen LogP contribution in [-0.2, 0) is 19.6 Å². The lowest BCUT2D eigenvalue weighted by molar-refractivity contribution is -0.140. The molecule has 0 rings (SSSR count). The smallest absolute Gasteiger partial charge is 0.305 e. The Bertz CT molecular complexity index is 276. The van der Waals surface area contributed by atoms with Crippen LogP contribution in [-0.4, -0.2) is 47.4 Å². The fraction of sp³-hybridized carbons (Fsp3) is 0.875. The zero-order valence-corrected chi connectivity index (χ0v) is 9.89. The molecule has 0 aromatic rings. The summed E-state index contributed by atoms with van der Waals surface area (Å²) in [5.41, 5.74) is 0. The van der Waals surface area contributed by atoms with Gasteiger partial charge in [0.05, 0.1) is 13.4 Å². The first kappa shape index (κ1) is 14.3. The van der Waals surface area contributed by atoms with E-state index in [0.29, 0.717) is 32.5 Å². The first-order chi connectivity index (χ1) is 6.95. The topological polar surface area (TPSA) is 84.5 Å². The Kier molecular flexibility index (Phi) is 7.27. The molecule has 7 heteroatoms. The minimum Gasteiger partial charge on any atom is -0.469 e. The molecule has 0 fully saturated rings. The van der Waals surface area contributed by atoms with Gasteiger partial charge < -0.3 is 10.1 Å². The van der Waals surface area contributed by atoms with E-state index in [1.165, 1.54) is 7.11 Å². The van der Waals surface area contributed by atoms with E-state index < -0.39 is 10.0 Å². The molecule has 0 saturated carbocycles. The maximum Gasteiger partial charge on any atom is 0.305 e. The first-order valence-corrected chi connectivity index (χ1v) is 6.57. The third-order valence-electron chi connectivity index (χ3n) is 1.63. The van der Waals surface area contributed by atoms with E-state index in [1.54, 1.807) is 0 Å². The van der Waals surface area contributed by atoms with Crippen molar-refractivity contribution in [1.29, 1.82) is 0 Å². The van der Waals surface area contributed by atoms with E-state index in [0.717, 1.165) is 6.26 Å². The van der Waals surface area contributed by atoms with Gasteiger partial charge in [0.15, 0.2) is 0 Å². The van der Waals surface area contributed by atoms with Crippen molar-refractivity contribution in [2.24, 2.45) is 0 Å². The number of methoxy groups -OCH3 is 1. The minimum atomic E-state index is -3.10. The van der Waals surface area contributed by atoms with Crippen LogP contribution in [0.25, 0.3) is 0 Å².